The van der Waals surface area contributed by atoms with Gasteiger partial charge in [0.15, 0.2) is 0 Å². The summed E-state index contributed by atoms with van der Waals surface area (Å²) in [6.45, 7) is 8.71. The number of rotatable bonds is 7. The lowest BCUT2D eigenvalue weighted by atomic mass is 10.1. The minimum atomic E-state index is -0.483. The Morgan fingerprint density at radius 1 is 1.30 bits per heavy atom. The van der Waals surface area contributed by atoms with Crippen LogP contribution in [0.4, 0.5) is 4.79 Å². The molecule has 1 aromatic rings. The molecule has 0 saturated carbocycles. The average molecular weight is 324 g/mol. The third-order valence-electron chi connectivity index (χ3n) is 3.18. The van der Waals surface area contributed by atoms with Crippen molar-refractivity contribution < 1.29 is 19.4 Å². The van der Waals surface area contributed by atoms with Crippen LogP contribution in [0.1, 0.15) is 45.7 Å². The molecular weight excluding hydrogens is 296 g/mol. The van der Waals surface area contributed by atoms with Crippen LogP contribution >= 0.6 is 0 Å². The molecule has 1 rings (SSSR count). The van der Waals surface area contributed by atoms with Gasteiger partial charge in [0.1, 0.15) is 17.1 Å². The standard InChI is InChI=1S/C17H28N2O4/c1-12(14-8-7-13(22-5)11-15(14)20)18-9-6-10-19-16(21)23-17(2,3)4/h7-8,11-12,18,20H,6,9-10H2,1-5H3,(H,19,21). The number of phenolic OH excluding ortho intramolecular Hbond substituents is 1. The maximum absolute atomic E-state index is 11.5. The topological polar surface area (TPSA) is 79.8 Å². The van der Waals surface area contributed by atoms with Gasteiger partial charge in [0.2, 0.25) is 0 Å². The van der Waals surface area contributed by atoms with Gasteiger partial charge in [0.25, 0.3) is 0 Å². The molecule has 6 nitrogen and oxygen atoms in total. The van der Waals surface area contributed by atoms with Crippen LogP contribution in [0.25, 0.3) is 0 Å². The number of alkyl carbamates (subject to hydrolysis) is 1. The highest BCUT2D eigenvalue weighted by Crippen LogP contribution is 2.28. The number of ether oxygens (including phenoxy) is 2. The lowest BCUT2D eigenvalue weighted by molar-refractivity contribution is 0.0527. The number of carbonyl (C=O) groups is 1. The van der Waals surface area contributed by atoms with Crippen molar-refractivity contribution in [2.45, 2.75) is 45.8 Å². The van der Waals surface area contributed by atoms with Crippen LogP contribution in [0.3, 0.4) is 0 Å². The van der Waals surface area contributed by atoms with Gasteiger partial charge in [-0.05, 0) is 46.7 Å². The van der Waals surface area contributed by atoms with Crippen LogP contribution in [0.5, 0.6) is 11.5 Å². The summed E-state index contributed by atoms with van der Waals surface area (Å²) in [5.41, 5.74) is 0.328. The number of benzene rings is 1. The van der Waals surface area contributed by atoms with Crippen molar-refractivity contribution in [3.05, 3.63) is 23.8 Å². The summed E-state index contributed by atoms with van der Waals surface area (Å²) in [7, 11) is 1.56. The van der Waals surface area contributed by atoms with E-state index in [2.05, 4.69) is 10.6 Å². The van der Waals surface area contributed by atoms with Crippen LogP contribution in [0.2, 0.25) is 0 Å². The van der Waals surface area contributed by atoms with E-state index >= 15 is 0 Å². The van der Waals surface area contributed by atoms with E-state index in [9.17, 15) is 9.90 Å². The van der Waals surface area contributed by atoms with Gasteiger partial charge in [-0.15, -0.1) is 0 Å². The molecule has 0 aliphatic rings. The van der Waals surface area contributed by atoms with Crippen LogP contribution < -0.4 is 15.4 Å². The molecule has 0 saturated heterocycles. The molecule has 0 fully saturated rings. The lowest BCUT2D eigenvalue weighted by Crippen LogP contribution is -2.34. The second-order valence-electron chi connectivity index (χ2n) is 6.38. The molecule has 1 atom stereocenters. The number of methoxy groups -OCH3 is 1. The molecule has 3 N–H and O–H groups in total. The first-order chi connectivity index (χ1) is 10.7. The maximum atomic E-state index is 11.5. The number of carbonyl (C=O) groups excluding carboxylic acids is 1. The first-order valence-electron chi connectivity index (χ1n) is 7.80. The average Bonchev–Trinajstić information content (AvgIpc) is 2.44. The lowest BCUT2D eigenvalue weighted by Gasteiger charge is -2.20. The largest absolute Gasteiger partial charge is 0.507 e. The Hall–Kier alpha value is -1.95. The highest BCUT2D eigenvalue weighted by atomic mass is 16.6. The fourth-order valence-electron chi connectivity index (χ4n) is 2.04. The van der Waals surface area contributed by atoms with Gasteiger partial charge in [0, 0.05) is 24.2 Å². The first kappa shape index (κ1) is 19.1. The Bertz CT molecular complexity index is 512. The first-order valence-corrected chi connectivity index (χ1v) is 7.80. The highest BCUT2D eigenvalue weighted by molar-refractivity contribution is 5.67. The third-order valence-corrected chi connectivity index (χ3v) is 3.18. The molecule has 0 bridgehead atoms. The minimum absolute atomic E-state index is 0.00225. The minimum Gasteiger partial charge on any atom is -0.507 e. The van der Waals surface area contributed by atoms with E-state index in [1.807, 2.05) is 39.8 Å². The predicted octanol–water partition coefficient (Wildman–Crippen LogP) is 2.97. The fourth-order valence-corrected chi connectivity index (χ4v) is 2.04. The Morgan fingerprint density at radius 2 is 2.00 bits per heavy atom. The fraction of sp³-hybridized carbons (Fsp3) is 0.588. The zero-order chi connectivity index (χ0) is 17.5. The van der Waals surface area contributed by atoms with Crippen LogP contribution in [-0.4, -0.2) is 37.0 Å². The molecule has 6 heteroatoms. The molecule has 1 unspecified atom stereocenters. The van der Waals surface area contributed by atoms with Gasteiger partial charge < -0.3 is 25.2 Å². The zero-order valence-corrected chi connectivity index (χ0v) is 14.6. The Balaban J connectivity index is 2.29. The SMILES string of the molecule is COc1ccc(C(C)NCCCNC(=O)OC(C)(C)C)c(O)c1. The van der Waals surface area contributed by atoms with E-state index < -0.39 is 11.7 Å². The summed E-state index contributed by atoms with van der Waals surface area (Å²) in [5.74, 6) is 0.830. The van der Waals surface area contributed by atoms with E-state index in [0.29, 0.717) is 18.8 Å². The summed E-state index contributed by atoms with van der Waals surface area (Å²) in [6.07, 6.45) is 0.360. The summed E-state index contributed by atoms with van der Waals surface area (Å²) < 4.78 is 10.2. The Morgan fingerprint density at radius 3 is 2.57 bits per heavy atom. The molecule has 1 amide bonds. The Kier molecular flexibility index (Phi) is 7.16. The van der Waals surface area contributed by atoms with E-state index in [4.69, 9.17) is 9.47 Å². The number of hydrogen-bond acceptors (Lipinski definition) is 5. The van der Waals surface area contributed by atoms with Crippen molar-refractivity contribution in [1.29, 1.82) is 0 Å². The van der Waals surface area contributed by atoms with Crippen molar-refractivity contribution >= 4 is 6.09 Å². The van der Waals surface area contributed by atoms with Gasteiger partial charge in [0.05, 0.1) is 7.11 Å². The second-order valence-corrected chi connectivity index (χ2v) is 6.38. The molecule has 0 aliphatic carbocycles. The molecule has 0 aromatic heterocycles. The van der Waals surface area contributed by atoms with Crippen molar-refractivity contribution in [1.82, 2.24) is 10.6 Å². The van der Waals surface area contributed by atoms with Gasteiger partial charge >= 0.3 is 6.09 Å². The van der Waals surface area contributed by atoms with E-state index in [1.165, 1.54) is 0 Å². The highest BCUT2D eigenvalue weighted by Gasteiger charge is 2.15. The maximum Gasteiger partial charge on any atom is 0.407 e. The number of hydrogen-bond donors (Lipinski definition) is 3. The van der Waals surface area contributed by atoms with Gasteiger partial charge in [-0.3, -0.25) is 0 Å². The third kappa shape index (κ3) is 7.23. The van der Waals surface area contributed by atoms with Crippen molar-refractivity contribution in [3.8, 4) is 11.5 Å². The smallest absolute Gasteiger partial charge is 0.407 e. The summed E-state index contributed by atoms with van der Waals surface area (Å²) in [5, 5.41) is 16.0. The van der Waals surface area contributed by atoms with E-state index in [-0.39, 0.29) is 11.8 Å². The van der Waals surface area contributed by atoms with Crippen LogP contribution in [0.15, 0.2) is 18.2 Å². The monoisotopic (exact) mass is 324 g/mol. The molecular formula is C17H28N2O4. The molecule has 0 radical (unpaired) electrons. The molecule has 130 valence electrons. The van der Waals surface area contributed by atoms with Gasteiger partial charge in [-0.2, -0.15) is 0 Å². The Labute approximate surface area is 138 Å². The molecule has 23 heavy (non-hydrogen) atoms. The normalized spacial score (nSPS) is 12.6. The summed E-state index contributed by atoms with van der Waals surface area (Å²) in [4.78, 5) is 11.5. The van der Waals surface area contributed by atoms with Gasteiger partial charge in [-0.1, -0.05) is 6.07 Å². The quantitative estimate of drug-likeness (QED) is 0.672. The van der Waals surface area contributed by atoms with E-state index in [1.54, 1.807) is 13.2 Å². The number of amides is 1. The molecule has 0 spiro atoms. The van der Waals surface area contributed by atoms with Crippen molar-refractivity contribution in [2.75, 3.05) is 20.2 Å². The number of phenols is 1. The van der Waals surface area contributed by atoms with Gasteiger partial charge in [-0.25, -0.2) is 4.79 Å². The van der Waals surface area contributed by atoms with Crippen LogP contribution in [-0.2, 0) is 4.74 Å². The van der Waals surface area contributed by atoms with Crippen LogP contribution in [0, 0.1) is 0 Å². The number of nitrogens with one attached hydrogen (secondary N) is 2. The van der Waals surface area contributed by atoms with Crippen molar-refractivity contribution in [3.63, 3.8) is 0 Å². The van der Waals surface area contributed by atoms with Crippen molar-refractivity contribution in [2.24, 2.45) is 0 Å². The molecule has 1 aromatic carbocycles. The predicted molar refractivity (Wildman–Crippen MR) is 89.9 cm³/mol. The summed E-state index contributed by atoms with van der Waals surface area (Å²) >= 11 is 0. The molecule has 0 heterocycles. The zero-order valence-electron chi connectivity index (χ0n) is 14.6. The summed E-state index contributed by atoms with van der Waals surface area (Å²) in [6, 6.07) is 5.25. The molecule has 0 aliphatic heterocycles. The second kappa shape index (κ2) is 8.62. The number of aromatic hydroxyl groups is 1. The van der Waals surface area contributed by atoms with E-state index in [0.717, 1.165) is 12.0 Å².